The molecule has 0 aliphatic carbocycles. The summed E-state index contributed by atoms with van der Waals surface area (Å²) in [6.07, 6.45) is 0. The number of halogens is 1. The fourth-order valence-corrected chi connectivity index (χ4v) is 4.86. The minimum atomic E-state index is -1.83. The number of carbonyl (C=O) groups excluding carboxylic acids is 2. The minimum absolute atomic E-state index is 0.0971. The lowest BCUT2D eigenvalue weighted by Crippen LogP contribution is -2.26. The highest BCUT2D eigenvalue weighted by atomic mass is 35.7. The van der Waals surface area contributed by atoms with E-state index in [1.54, 1.807) is 0 Å². The van der Waals surface area contributed by atoms with E-state index in [0.29, 0.717) is 33.4 Å². The Hall–Kier alpha value is -2.43. The van der Waals surface area contributed by atoms with Crippen LogP contribution >= 0.6 is 18.6 Å². The van der Waals surface area contributed by atoms with Gasteiger partial charge in [0.05, 0.1) is 0 Å². The van der Waals surface area contributed by atoms with E-state index in [9.17, 15) is 9.59 Å². The SMILES string of the molecule is CC(C)(C)C(=[OH+])Oc1cc(C(C)(C)C)c2op(Cl)oc3c(C(C)(C)C)cc(OC(=[OH+])C(C)(C)C)cc3c2c1. The first-order chi connectivity index (χ1) is 17.1. The molecule has 0 radical (unpaired) electrons. The molecule has 0 atom stereocenters. The number of fused-ring (bicyclic) bond motifs is 3. The van der Waals surface area contributed by atoms with Gasteiger partial charge in [0.1, 0.15) is 22.0 Å². The van der Waals surface area contributed by atoms with Crippen molar-refractivity contribution < 1.29 is 27.5 Å². The Labute approximate surface area is 231 Å². The molecule has 0 saturated carbocycles. The predicted molar refractivity (Wildman–Crippen MR) is 159 cm³/mol. The Morgan fingerprint density at radius 2 is 0.947 bits per heavy atom. The molecule has 38 heavy (non-hydrogen) atoms. The van der Waals surface area contributed by atoms with Crippen LogP contribution in [-0.4, -0.2) is 21.5 Å². The molecule has 0 fully saturated rings. The normalized spacial score (nSPS) is 13.6. The Kier molecular flexibility index (Phi) is 7.89. The van der Waals surface area contributed by atoms with Gasteiger partial charge in [0.2, 0.25) is 11.5 Å². The molecular formula is C30H42ClO6P+2. The van der Waals surface area contributed by atoms with Gasteiger partial charge in [-0.25, -0.2) is 0 Å². The van der Waals surface area contributed by atoms with Crippen molar-refractivity contribution in [3.63, 3.8) is 0 Å². The van der Waals surface area contributed by atoms with Crippen LogP contribution in [0.1, 0.15) is 94.2 Å². The van der Waals surface area contributed by atoms with Crippen molar-refractivity contribution in [3.05, 3.63) is 35.4 Å². The number of benzene rings is 2. The maximum absolute atomic E-state index is 10.7. The molecule has 0 unspecified atom stereocenters. The highest BCUT2D eigenvalue weighted by Crippen LogP contribution is 2.46. The Balaban J connectivity index is 2.53. The van der Waals surface area contributed by atoms with E-state index < -0.39 is 18.2 Å². The van der Waals surface area contributed by atoms with E-state index in [0.717, 1.165) is 11.1 Å². The monoisotopic (exact) mass is 564 g/mol. The Morgan fingerprint density at radius 3 is 1.21 bits per heavy atom. The molecule has 0 spiro atoms. The van der Waals surface area contributed by atoms with Crippen LogP contribution in [0.4, 0.5) is 0 Å². The minimum Gasteiger partial charge on any atom is -0.408 e. The third-order valence-corrected chi connectivity index (χ3v) is 7.14. The van der Waals surface area contributed by atoms with Gasteiger partial charge in [0.25, 0.3) is 0 Å². The summed E-state index contributed by atoms with van der Waals surface area (Å²) in [7, 11) is -1.83. The quantitative estimate of drug-likeness (QED) is 0.176. The van der Waals surface area contributed by atoms with E-state index in [4.69, 9.17) is 29.1 Å². The summed E-state index contributed by atoms with van der Waals surface area (Å²) in [4.78, 5) is 21.3. The molecule has 3 rings (SSSR count). The lowest BCUT2D eigenvalue weighted by atomic mass is 9.83. The molecule has 0 saturated heterocycles. The molecule has 8 heteroatoms. The van der Waals surface area contributed by atoms with Crippen molar-refractivity contribution in [1.82, 2.24) is 0 Å². The van der Waals surface area contributed by atoms with Gasteiger partial charge < -0.3 is 18.0 Å². The van der Waals surface area contributed by atoms with Crippen LogP contribution in [0.5, 0.6) is 11.5 Å². The first kappa shape index (κ1) is 30.1. The second-order valence-corrected chi connectivity index (χ2v) is 15.5. The zero-order valence-corrected chi connectivity index (χ0v) is 26.3. The topological polar surface area (TPSA) is 87.5 Å². The van der Waals surface area contributed by atoms with Crippen molar-refractivity contribution in [1.29, 1.82) is 0 Å². The summed E-state index contributed by atoms with van der Waals surface area (Å²) < 4.78 is 24.5. The molecule has 1 heterocycles. The van der Waals surface area contributed by atoms with Crippen LogP contribution in [0.15, 0.2) is 32.7 Å². The maximum Gasteiger partial charge on any atom is 0.494 e. The molecule has 0 aliphatic heterocycles. The van der Waals surface area contributed by atoms with Crippen molar-refractivity contribution >= 4 is 52.5 Å². The number of ether oxygens (including phenoxy) is 2. The molecule has 1 aromatic heterocycles. The molecular weight excluding hydrogens is 523 g/mol. The van der Waals surface area contributed by atoms with E-state index in [2.05, 4.69) is 41.5 Å². The third kappa shape index (κ3) is 6.58. The van der Waals surface area contributed by atoms with Crippen LogP contribution in [0.2, 0.25) is 0 Å². The predicted octanol–water partition coefficient (Wildman–Crippen LogP) is 9.74. The maximum atomic E-state index is 10.7. The second kappa shape index (κ2) is 9.95. The molecule has 0 aliphatic rings. The third-order valence-electron chi connectivity index (χ3n) is 6.07. The van der Waals surface area contributed by atoms with Crippen molar-refractivity contribution in [3.8, 4) is 11.5 Å². The largest absolute Gasteiger partial charge is 0.494 e. The van der Waals surface area contributed by atoms with Gasteiger partial charge in [-0.05, 0) is 52.4 Å². The van der Waals surface area contributed by atoms with Gasteiger partial charge in [-0.1, -0.05) is 41.5 Å². The van der Waals surface area contributed by atoms with Gasteiger partial charge in [-0.2, -0.15) is 0 Å². The number of esters is 2. The molecule has 208 valence electrons. The summed E-state index contributed by atoms with van der Waals surface area (Å²) in [5.74, 6) is 0.730. The fraction of sp³-hybridized carbons (Fsp3) is 0.533. The summed E-state index contributed by atoms with van der Waals surface area (Å²) in [6.45, 7) is 23.7. The van der Waals surface area contributed by atoms with Crippen LogP contribution in [0, 0.1) is 10.8 Å². The van der Waals surface area contributed by atoms with Crippen molar-refractivity contribution in [2.45, 2.75) is 93.9 Å². The van der Waals surface area contributed by atoms with Crippen LogP contribution in [0.3, 0.4) is 0 Å². The smallest absolute Gasteiger partial charge is 0.408 e. The number of hydrogen-bond donors (Lipinski definition) is 0. The highest BCUT2D eigenvalue weighted by Gasteiger charge is 2.35. The van der Waals surface area contributed by atoms with Crippen LogP contribution in [-0.2, 0) is 10.8 Å². The van der Waals surface area contributed by atoms with Crippen LogP contribution < -0.4 is 9.47 Å². The average Bonchev–Trinajstić information content (AvgIpc) is 2.85. The Morgan fingerprint density at radius 1 is 0.632 bits per heavy atom. The molecule has 0 bridgehead atoms. The highest BCUT2D eigenvalue weighted by molar-refractivity contribution is 7.68. The summed E-state index contributed by atoms with van der Waals surface area (Å²) >= 11 is 6.66. The van der Waals surface area contributed by atoms with Gasteiger partial charge in [-0.15, -0.1) is 0 Å². The molecule has 3 aromatic rings. The molecule has 6 nitrogen and oxygen atoms in total. The number of rotatable bonds is 2. The summed E-state index contributed by atoms with van der Waals surface area (Å²) in [5.41, 5.74) is 1.03. The first-order valence-electron chi connectivity index (χ1n) is 12.8. The van der Waals surface area contributed by atoms with E-state index in [1.807, 2.05) is 65.8 Å². The standard InChI is InChI=1S/C30H40ClO6P/c1-27(2,3)21-15-17(34-25(32)29(7,8)9)13-19-20-14-18(35-26(33)30(10,11)12)16-22(28(4,5)6)24(20)37-38(31)36-23(19)21/h13-16H,1-12H3/p+2. The lowest BCUT2D eigenvalue weighted by molar-refractivity contribution is 0.363. The van der Waals surface area contributed by atoms with E-state index >= 15 is 0 Å². The van der Waals surface area contributed by atoms with Gasteiger partial charge in [-0.3, -0.25) is 9.47 Å². The molecule has 2 aromatic carbocycles. The second-order valence-electron chi connectivity index (χ2n) is 13.9. The lowest BCUT2D eigenvalue weighted by Gasteiger charge is -2.21. The first-order valence-corrected chi connectivity index (χ1v) is 14.8. The van der Waals surface area contributed by atoms with Crippen molar-refractivity contribution in [2.24, 2.45) is 10.8 Å². The van der Waals surface area contributed by atoms with Gasteiger partial charge in [0, 0.05) is 57.4 Å². The van der Waals surface area contributed by atoms with E-state index in [1.165, 1.54) is 0 Å². The van der Waals surface area contributed by atoms with Crippen molar-refractivity contribution in [2.75, 3.05) is 0 Å². The zero-order valence-electron chi connectivity index (χ0n) is 24.7. The zero-order chi connectivity index (χ0) is 29.0. The Bertz CT molecular complexity index is 1330. The van der Waals surface area contributed by atoms with Crippen LogP contribution in [0.25, 0.3) is 21.9 Å². The number of hydrogen-bond acceptors (Lipinski definition) is 4. The van der Waals surface area contributed by atoms with Gasteiger partial charge in [0.15, 0.2) is 0 Å². The summed E-state index contributed by atoms with van der Waals surface area (Å²) in [5, 5.41) is 1.39. The molecule has 2 N–H and O–H groups in total. The van der Waals surface area contributed by atoms with Gasteiger partial charge >= 0.3 is 19.3 Å². The molecule has 0 amide bonds. The summed E-state index contributed by atoms with van der Waals surface area (Å²) in [6, 6.07) is 7.39. The fourth-order valence-electron chi connectivity index (χ4n) is 3.73. The van der Waals surface area contributed by atoms with E-state index in [-0.39, 0.29) is 22.8 Å². The average molecular weight is 565 g/mol.